The Morgan fingerprint density at radius 3 is 3.00 bits per heavy atom. The number of carbonyl (C=O) groups is 1. The van der Waals surface area contributed by atoms with Gasteiger partial charge < -0.3 is 9.64 Å². The Morgan fingerprint density at radius 2 is 2.17 bits per heavy atom. The van der Waals surface area contributed by atoms with Crippen molar-refractivity contribution in [3.05, 3.63) is 16.8 Å². The van der Waals surface area contributed by atoms with E-state index in [4.69, 9.17) is 4.74 Å². The van der Waals surface area contributed by atoms with Crippen molar-refractivity contribution in [3.63, 3.8) is 0 Å². The molecule has 2 aliphatic rings. The van der Waals surface area contributed by atoms with Crippen molar-refractivity contribution >= 4 is 27.5 Å². The van der Waals surface area contributed by atoms with Crippen LogP contribution in [0.15, 0.2) is 6.33 Å². The Bertz CT molecular complexity index is 735. The van der Waals surface area contributed by atoms with E-state index < -0.39 is 0 Å². The summed E-state index contributed by atoms with van der Waals surface area (Å²) in [6, 6.07) is 0. The number of likely N-dealkylation sites (tertiary alicyclic amines) is 1. The van der Waals surface area contributed by atoms with Crippen molar-refractivity contribution in [1.82, 2.24) is 14.9 Å². The molecule has 6 heteroatoms. The minimum Gasteiger partial charge on any atom is -0.467 e. The quantitative estimate of drug-likeness (QED) is 0.868. The van der Waals surface area contributed by atoms with E-state index in [1.54, 1.807) is 11.3 Å². The van der Waals surface area contributed by atoms with Crippen LogP contribution >= 0.6 is 11.3 Å². The second kappa shape index (κ2) is 6.07. The van der Waals surface area contributed by atoms with Crippen LogP contribution in [0.3, 0.4) is 0 Å². The summed E-state index contributed by atoms with van der Waals surface area (Å²) in [5.41, 5.74) is 1.33. The molecule has 5 nitrogen and oxygen atoms in total. The molecule has 0 saturated carbocycles. The number of aryl methyl sites for hydroxylation is 2. The van der Waals surface area contributed by atoms with Gasteiger partial charge in [-0.05, 0) is 43.6 Å². The number of rotatable bonds is 3. The molecule has 23 heavy (non-hydrogen) atoms. The molecule has 1 aliphatic carbocycles. The first-order valence-electron chi connectivity index (χ1n) is 8.38. The van der Waals surface area contributed by atoms with Crippen LogP contribution in [0.1, 0.15) is 36.6 Å². The molecule has 3 heterocycles. The van der Waals surface area contributed by atoms with Gasteiger partial charge in [-0.25, -0.2) is 9.97 Å². The Labute approximate surface area is 139 Å². The molecule has 0 radical (unpaired) electrons. The predicted molar refractivity (Wildman–Crippen MR) is 89.9 cm³/mol. The maximum atomic E-state index is 12.3. The first kappa shape index (κ1) is 14.9. The number of hydrogen-bond acceptors (Lipinski definition) is 5. The molecule has 0 N–H and O–H groups in total. The first-order chi connectivity index (χ1) is 11.2. The lowest BCUT2D eigenvalue weighted by molar-refractivity contribution is -0.134. The van der Waals surface area contributed by atoms with Gasteiger partial charge in [0.15, 0.2) is 6.61 Å². The minimum atomic E-state index is 0.0653. The third kappa shape index (κ3) is 2.80. The third-order valence-corrected chi connectivity index (χ3v) is 6.14. The average molecular weight is 331 g/mol. The maximum absolute atomic E-state index is 12.3. The lowest BCUT2D eigenvalue weighted by Gasteiger charge is -2.30. The maximum Gasteiger partial charge on any atom is 0.260 e. The molecular weight excluding hydrogens is 310 g/mol. The number of ether oxygens (including phenoxy) is 1. The van der Waals surface area contributed by atoms with E-state index in [2.05, 4.69) is 16.9 Å². The van der Waals surface area contributed by atoms with Crippen molar-refractivity contribution in [2.75, 3.05) is 19.7 Å². The fraction of sp³-hybridized carbons (Fsp3) is 0.588. The Morgan fingerprint density at radius 1 is 1.35 bits per heavy atom. The van der Waals surface area contributed by atoms with Gasteiger partial charge in [0, 0.05) is 18.0 Å². The molecule has 0 bridgehead atoms. The lowest BCUT2D eigenvalue weighted by Crippen LogP contribution is -2.40. The van der Waals surface area contributed by atoms with Crippen molar-refractivity contribution in [2.24, 2.45) is 5.92 Å². The van der Waals surface area contributed by atoms with Gasteiger partial charge in [-0.3, -0.25) is 4.79 Å². The fourth-order valence-electron chi connectivity index (χ4n) is 3.49. The number of carbonyl (C=O) groups excluding carboxylic acids is 1. The Hall–Kier alpha value is -1.69. The number of thiophene rings is 1. The summed E-state index contributed by atoms with van der Waals surface area (Å²) in [6.07, 6.45) is 7.09. The van der Waals surface area contributed by atoms with E-state index in [-0.39, 0.29) is 12.5 Å². The summed E-state index contributed by atoms with van der Waals surface area (Å²) in [6.45, 7) is 4.00. The molecule has 1 fully saturated rings. The minimum absolute atomic E-state index is 0.0653. The number of piperidine rings is 1. The van der Waals surface area contributed by atoms with Crippen molar-refractivity contribution < 1.29 is 9.53 Å². The van der Waals surface area contributed by atoms with E-state index in [1.165, 1.54) is 23.2 Å². The highest BCUT2D eigenvalue weighted by molar-refractivity contribution is 7.18. The van der Waals surface area contributed by atoms with Crippen molar-refractivity contribution in [1.29, 1.82) is 0 Å². The molecule has 1 aliphatic heterocycles. The van der Waals surface area contributed by atoms with E-state index in [0.29, 0.717) is 5.88 Å². The summed E-state index contributed by atoms with van der Waals surface area (Å²) >= 11 is 1.74. The van der Waals surface area contributed by atoms with E-state index in [9.17, 15) is 4.79 Å². The van der Waals surface area contributed by atoms with E-state index in [1.807, 2.05) is 4.90 Å². The van der Waals surface area contributed by atoms with Crippen LogP contribution in [0.2, 0.25) is 0 Å². The molecule has 1 amide bonds. The zero-order valence-corrected chi connectivity index (χ0v) is 14.2. The molecule has 0 aromatic carbocycles. The summed E-state index contributed by atoms with van der Waals surface area (Å²) in [7, 11) is 0. The van der Waals surface area contributed by atoms with Gasteiger partial charge in [0.2, 0.25) is 5.88 Å². The molecular formula is C17H21N3O2S. The summed E-state index contributed by atoms with van der Waals surface area (Å²) in [5.74, 6) is 1.36. The van der Waals surface area contributed by atoms with Gasteiger partial charge in [0.05, 0.1) is 5.39 Å². The SMILES string of the molecule is CC1CCN(C(=O)COc2ncnc3sc4c(c23)CCC4)CC1. The summed E-state index contributed by atoms with van der Waals surface area (Å²) < 4.78 is 5.81. The van der Waals surface area contributed by atoms with Gasteiger partial charge in [0.1, 0.15) is 11.2 Å². The molecule has 122 valence electrons. The third-order valence-electron chi connectivity index (χ3n) is 4.94. The second-order valence-corrected chi connectivity index (χ2v) is 7.65. The molecule has 2 aromatic rings. The number of amides is 1. The first-order valence-corrected chi connectivity index (χ1v) is 9.20. The highest BCUT2D eigenvalue weighted by Gasteiger charge is 2.24. The monoisotopic (exact) mass is 331 g/mol. The molecule has 4 rings (SSSR count). The topological polar surface area (TPSA) is 55.3 Å². The Balaban J connectivity index is 1.49. The van der Waals surface area contributed by atoms with E-state index >= 15 is 0 Å². The zero-order valence-electron chi connectivity index (χ0n) is 13.4. The number of fused-ring (bicyclic) bond motifs is 3. The van der Waals surface area contributed by atoms with Crippen LogP contribution in [0, 0.1) is 5.92 Å². The lowest BCUT2D eigenvalue weighted by atomic mass is 9.99. The zero-order chi connectivity index (χ0) is 15.8. The van der Waals surface area contributed by atoms with Crippen LogP contribution in [0.4, 0.5) is 0 Å². The van der Waals surface area contributed by atoms with Crippen LogP contribution in [0.5, 0.6) is 5.88 Å². The fourth-order valence-corrected chi connectivity index (χ4v) is 4.71. The largest absolute Gasteiger partial charge is 0.467 e. The van der Waals surface area contributed by atoms with Gasteiger partial charge in [0.25, 0.3) is 5.91 Å². The summed E-state index contributed by atoms with van der Waals surface area (Å²) in [5, 5.41) is 1.03. The number of aromatic nitrogens is 2. The molecule has 2 aromatic heterocycles. The number of hydrogen-bond donors (Lipinski definition) is 0. The highest BCUT2D eigenvalue weighted by atomic mass is 32.1. The average Bonchev–Trinajstić information content (AvgIpc) is 3.14. The van der Waals surface area contributed by atoms with Gasteiger partial charge in [-0.2, -0.15) is 0 Å². The molecule has 0 atom stereocenters. The second-order valence-electron chi connectivity index (χ2n) is 6.57. The number of nitrogens with zero attached hydrogens (tertiary/aromatic N) is 3. The van der Waals surface area contributed by atoms with E-state index in [0.717, 1.165) is 54.9 Å². The van der Waals surface area contributed by atoms with Crippen molar-refractivity contribution in [2.45, 2.75) is 39.0 Å². The van der Waals surface area contributed by atoms with Crippen molar-refractivity contribution in [3.8, 4) is 5.88 Å². The predicted octanol–water partition coefficient (Wildman–Crippen LogP) is 2.82. The summed E-state index contributed by atoms with van der Waals surface area (Å²) in [4.78, 5) is 25.3. The smallest absolute Gasteiger partial charge is 0.260 e. The van der Waals surface area contributed by atoms with Gasteiger partial charge in [-0.15, -0.1) is 11.3 Å². The normalized spacial score (nSPS) is 18.4. The Kier molecular flexibility index (Phi) is 3.93. The molecule has 0 unspecified atom stereocenters. The van der Waals surface area contributed by atoms with Crippen LogP contribution in [-0.2, 0) is 17.6 Å². The molecule has 1 saturated heterocycles. The van der Waals surface area contributed by atoms with Gasteiger partial charge in [-0.1, -0.05) is 6.92 Å². The van der Waals surface area contributed by atoms with Gasteiger partial charge >= 0.3 is 0 Å². The van der Waals surface area contributed by atoms with Crippen LogP contribution in [-0.4, -0.2) is 40.5 Å². The standard InChI is InChI=1S/C17H21N3O2S/c1-11-5-7-20(8-6-11)14(21)9-22-16-15-12-3-2-4-13(12)23-17(15)19-10-18-16/h10-11H,2-9H2,1H3. The van der Waals surface area contributed by atoms with Crippen LogP contribution < -0.4 is 4.74 Å². The molecule has 0 spiro atoms. The highest BCUT2D eigenvalue weighted by Crippen LogP contribution is 2.39. The van der Waals surface area contributed by atoms with Crippen LogP contribution in [0.25, 0.3) is 10.2 Å².